The Morgan fingerprint density at radius 2 is 2.31 bits per heavy atom. The fraction of sp³-hybridized carbons (Fsp3) is 0.375. The highest BCUT2D eigenvalue weighted by atomic mass is 16.6. The van der Waals surface area contributed by atoms with Gasteiger partial charge in [0.15, 0.2) is 0 Å². The van der Waals surface area contributed by atoms with E-state index in [0.717, 1.165) is 19.5 Å². The fourth-order valence-electron chi connectivity index (χ4n) is 1.30. The Kier molecular flexibility index (Phi) is 1.84. The quantitative estimate of drug-likeness (QED) is 0.505. The topological polar surface area (TPSA) is 59.3 Å². The molecule has 0 radical (unpaired) electrons. The SMILES string of the molecule is O=[N+]([O-])c1cccnc1N1CCC1. The van der Waals surface area contributed by atoms with E-state index in [9.17, 15) is 10.1 Å². The minimum absolute atomic E-state index is 0.0993. The van der Waals surface area contributed by atoms with Gasteiger partial charge >= 0.3 is 5.69 Å². The van der Waals surface area contributed by atoms with Crippen LogP contribution in [0.3, 0.4) is 0 Å². The zero-order valence-corrected chi connectivity index (χ0v) is 7.01. The van der Waals surface area contributed by atoms with Gasteiger partial charge in [-0.15, -0.1) is 0 Å². The number of anilines is 1. The summed E-state index contributed by atoms with van der Waals surface area (Å²) in [6, 6.07) is 3.07. The molecule has 1 aromatic heterocycles. The first-order valence-corrected chi connectivity index (χ1v) is 4.13. The van der Waals surface area contributed by atoms with Gasteiger partial charge in [0.25, 0.3) is 0 Å². The highest BCUT2D eigenvalue weighted by Crippen LogP contribution is 2.27. The number of nitro groups is 1. The minimum Gasteiger partial charge on any atom is -0.351 e. The van der Waals surface area contributed by atoms with E-state index in [-0.39, 0.29) is 10.6 Å². The second-order valence-electron chi connectivity index (χ2n) is 2.94. The Morgan fingerprint density at radius 1 is 1.54 bits per heavy atom. The molecule has 1 fully saturated rings. The third-order valence-corrected chi connectivity index (χ3v) is 2.12. The molecule has 0 spiro atoms. The second kappa shape index (κ2) is 3.01. The molecule has 1 saturated heterocycles. The molecule has 0 N–H and O–H groups in total. The molecule has 68 valence electrons. The molecule has 0 aromatic carbocycles. The van der Waals surface area contributed by atoms with Crippen LogP contribution in [0.15, 0.2) is 18.3 Å². The van der Waals surface area contributed by atoms with Crippen LogP contribution in [0.2, 0.25) is 0 Å². The lowest BCUT2D eigenvalue weighted by Crippen LogP contribution is -2.38. The molecule has 2 rings (SSSR count). The standard InChI is InChI=1S/C8H9N3O2/c12-11(13)7-3-1-4-9-8(7)10-5-2-6-10/h1,3-4H,2,5-6H2. The second-order valence-corrected chi connectivity index (χ2v) is 2.94. The number of nitrogens with zero attached hydrogens (tertiary/aromatic N) is 3. The van der Waals surface area contributed by atoms with Crippen molar-refractivity contribution in [2.45, 2.75) is 6.42 Å². The normalized spacial score (nSPS) is 15.2. The molecule has 0 unspecified atom stereocenters. The summed E-state index contributed by atoms with van der Waals surface area (Å²) in [4.78, 5) is 16.1. The molecular formula is C8H9N3O2. The zero-order valence-electron chi connectivity index (χ0n) is 7.01. The average molecular weight is 179 g/mol. The van der Waals surface area contributed by atoms with Crippen LogP contribution in [0.25, 0.3) is 0 Å². The van der Waals surface area contributed by atoms with Crippen molar-refractivity contribution in [3.8, 4) is 0 Å². The van der Waals surface area contributed by atoms with Gasteiger partial charge in [-0.1, -0.05) is 0 Å². The number of aromatic nitrogens is 1. The molecule has 0 bridgehead atoms. The van der Waals surface area contributed by atoms with Gasteiger partial charge in [-0.3, -0.25) is 10.1 Å². The maximum Gasteiger partial charge on any atom is 0.311 e. The Labute approximate surface area is 75.2 Å². The summed E-state index contributed by atoms with van der Waals surface area (Å²) >= 11 is 0. The number of hydrogen-bond acceptors (Lipinski definition) is 4. The van der Waals surface area contributed by atoms with Crippen LogP contribution in [0.5, 0.6) is 0 Å². The van der Waals surface area contributed by atoms with Crippen molar-refractivity contribution < 1.29 is 4.92 Å². The summed E-state index contributed by atoms with van der Waals surface area (Å²) < 4.78 is 0. The van der Waals surface area contributed by atoms with E-state index in [1.807, 2.05) is 4.90 Å². The Balaban J connectivity index is 2.36. The first-order chi connectivity index (χ1) is 6.29. The van der Waals surface area contributed by atoms with E-state index >= 15 is 0 Å². The van der Waals surface area contributed by atoms with Crippen LogP contribution in [-0.4, -0.2) is 23.0 Å². The van der Waals surface area contributed by atoms with Gasteiger partial charge in [-0.05, 0) is 12.5 Å². The van der Waals surface area contributed by atoms with Gasteiger partial charge in [0.2, 0.25) is 5.82 Å². The van der Waals surface area contributed by atoms with Crippen LogP contribution < -0.4 is 4.90 Å². The zero-order chi connectivity index (χ0) is 9.26. The first-order valence-electron chi connectivity index (χ1n) is 4.13. The van der Waals surface area contributed by atoms with Crippen molar-refractivity contribution in [2.24, 2.45) is 0 Å². The number of hydrogen-bond donors (Lipinski definition) is 0. The van der Waals surface area contributed by atoms with Crippen molar-refractivity contribution in [1.29, 1.82) is 0 Å². The van der Waals surface area contributed by atoms with Gasteiger partial charge < -0.3 is 4.90 Å². The summed E-state index contributed by atoms with van der Waals surface area (Å²) in [5.74, 6) is 0.499. The molecule has 5 heteroatoms. The maximum atomic E-state index is 10.6. The lowest BCUT2D eigenvalue weighted by atomic mass is 10.2. The largest absolute Gasteiger partial charge is 0.351 e. The molecule has 1 aliphatic rings. The highest BCUT2D eigenvalue weighted by molar-refractivity contribution is 5.58. The van der Waals surface area contributed by atoms with Gasteiger partial charge in [0.05, 0.1) is 4.92 Å². The Bertz CT molecular complexity index is 336. The van der Waals surface area contributed by atoms with Crippen molar-refractivity contribution in [1.82, 2.24) is 4.98 Å². The Hall–Kier alpha value is -1.65. The van der Waals surface area contributed by atoms with Crippen molar-refractivity contribution in [2.75, 3.05) is 18.0 Å². The monoisotopic (exact) mass is 179 g/mol. The predicted molar refractivity (Wildman–Crippen MR) is 47.7 cm³/mol. The van der Waals surface area contributed by atoms with Crippen LogP contribution in [0, 0.1) is 10.1 Å². The lowest BCUT2D eigenvalue weighted by Gasteiger charge is -2.31. The molecule has 5 nitrogen and oxygen atoms in total. The fourth-order valence-corrected chi connectivity index (χ4v) is 1.30. The summed E-state index contributed by atoms with van der Waals surface area (Å²) in [6.07, 6.45) is 2.67. The van der Waals surface area contributed by atoms with E-state index in [4.69, 9.17) is 0 Å². The number of rotatable bonds is 2. The van der Waals surface area contributed by atoms with E-state index in [0.29, 0.717) is 5.82 Å². The number of pyridine rings is 1. The van der Waals surface area contributed by atoms with Gasteiger partial charge in [-0.2, -0.15) is 0 Å². The van der Waals surface area contributed by atoms with Crippen molar-refractivity contribution in [3.05, 3.63) is 28.4 Å². The summed E-state index contributed by atoms with van der Waals surface area (Å²) in [5.41, 5.74) is 0.0993. The third kappa shape index (κ3) is 1.32. The van der Waals surface area contributed by atoms with Gasteiger partial charge in [-0.25, -0.2) is 4.98 Å². The maximum absolute atomic E-state index is 10.6. The van der Waals surface area contributed by atoms with E-state index < -0.39 is 0 Å². The molecule has 0 atom stereocenters. The molecule has 2 heterocycles. The van der Waals surface area contributed by atoms with Gasteiger partial charge in [0, 0.05) is 25.4 Å². The first kappa shape index (κ1) is 7.97. The summed E-state index contributed by atoms with van der Waals surface area (Å²) in [6.45, 7) is 1.75. The molecule has 0 aliphatic carbocycles. The smallest absolute Gasteiger partial charge is 0.311 e. The van der Waals surface area contributed by atoms with Crippen LogP contribution >= 0.6 is 0 Å². The summed E-state index contributed by atoms with van der Waals surface area (Å²) in [7, 11) is 0. The lowest BCUT2D eigenvalue weighted by molar-refractivity contribution is -0.384. The van der Waals surface area contributed by atoms with Crippen molar-refractivity contribution >= 4 is 11.5 Å². The van der Waals surface area contributed by atoms with Crippen LogP contribution in [-0.2, 0) is 0 Å². The average Bonchev–Trinajstić information content (AvgIpc) is 2.02. The minimum atomic E-state index is -0.388. The summed E-state index contributed by atoms with van der Waals surface area (Å²) in [5, 5.41) is 10.6. The highest BCUT2D eigenvalue weighted by Gasteiger charge is 2.24. The third-order valence-electron chi connectivity index (χ3n) is 2.12. The predicted octanol–water partition coefficient (Wildman–Crippen LogP) is 1.20. The van der Waals surface area contributed by atoms with Crippen LogP contribution in [0.4, 0.5) is 11.5 Å². The molecule has 0 amide bonds. The van der Waals surface area contributed by atoms with Crippen molar-refractivity contribution in [3.63, 3.8) is 0 Å². The van der Waals surface area contributed by atoms with E-state index in [1.165, 1.54) is 6.07 Å². The molecule has 1 aliphatic heterocycles. The van der Waals surface area contributed by atoms with Crippen LogP contribution in [0.1, 0.15) is 6.42 Å². The van der Waals surface area contributed by atoms with E-state index in [1.54, 1.807) is 12.3 Å². The Morgan fingerprint density at radius 3 is 2.85 bits per heavy atom. The molecule has 13 heavy (non-hydrogen) atoms. The van der Waals surface area contributed by atoms with E-state index in [2.05, 4.69) is 4.98 Å². The molecular weight excluding hydrogens is 170 g/mol. The van der Waals surface area contributed by atoms with Gasteiger partial charge in [0.1, 0.15) is 0 Å². The molecule has 0 saturated carbocycles. The molecule has 1 aromatic rings.